The van der Waals surface area contributed by atoms with Gasteiger partial charge in [0.25, 0.3) is 0 Å². The van der Waals surface area contributed by atoms with Crippen molar-refractivity contribution in [1.29, 1.82) is 5.26 Å². The van der Waals surface area contributed by atoms with Crippen LogP contribution in [0.2, 0.25) is 0 Å². The van der Waals surface area contributed by atoms with E-state index in [4.69, 9.17) is 5.26 Å². The summed E-state index contributed by atoms with van der Waals surface area (Å²) < 4.78 is 28.1. The van der Waals surface area contributed by atoms with Crippen molar-refractivity contribution in [2.24, 2.45) is 0 Å². The van der Waals surface area contributed by atoms with Crippen LogP contribution in [0.3, 0.4) is 0 Å². The van der Waals surface area contributed by atoms with Crippen molar-refractivity contribution >= 4 is 15.9 Å². The van der Waals surface area contributed by atoms with Gasteiger partial charge in [-0.25, -0.2) is 8.78 Å². The summed E-state index contributed by atoms with van der Waals surface area (Å²) in [6.07, 6.45) is 0. The fraction of sp³-hybridized carbons (Fsp3) is 0.133. The maximum Gasteiger partial charge on any atom is 0.145 e. The first-order valence-electron chi connectivity index (χ1n) is 5.94. The molecule has 0 aliphatic heterocycles. The molecule has 0 fully saturated rings. The summed E-state index contributed by atoms with van der Waals surface area (Å²) in [7, 11) is 0. The second-order valence-corrected chi connectivity index (χ2v) is 5.15. The first-order valence-corrected chi connectivity index (χ1v) is 6.73. The Morgan fingerprint density at radius 2 is 1.85 bits per heavy atom. The van der Waals surface area contributed by atoms with Gasteiger partial charge in [0.1, 0.15) is 17.7 Å². The van der Waals surface area contributed by atoms with E-state index in [-0.39, 0.29) is 24.5 Å². The average molecular weight is 337 g/mol. The van der Waals surface area contributed by atoms with Gasteiger partial charge in [0.15, 0.2) is 0 Å². The molecule has 0 unspecified atom stereocenters. The van der Waals surface area contributed by atoms with Crippen molar-refractivity contribution < 1.29 is 8.78 Å². The lowest BCUT2D eigenvalue weighted by atomic mass is 10.1. The average Bonchev–Trinajstić information content (AvgIpc) is 2.44. The zero-order chi connectivity index (χ0) is 14.5. The Morgan fingerprint density at radius 1 is 1.10 bits per heavy atom. The van der Waals surface area contributed by atoms with Crippen LogP contribution in [-0.2, 0) is 13.1 Å². The largest absolute Gasteiger partial charge is 0.308 e. The fourth-order valence-corrected chi connectivity index (χ4v) is 2.22. The molecule has 20 heavy (non-hydrogen) atoms. The molecular formula is C15H11BrF2N2. The minimum absolute atomic E-state index is 0.0120. The third-order valence-electron chi connectivity index (χ3n) is 2.84. The quantitative estimate of drug-likeness (QED) is 0.919. The molecule has 2 rings (SSSR count). The Bertz CT molecular complexity index is 665. The van der Waals surface area contributed by atoms with Gasteiger partial charge in [-0.05, 0) is 24.3 Å². The van der Waals surface area contributed by atoms with Gasteiger partial charge in [0, 0.05) is 28.7 Å². The Labute approximate surface area is 124 Å². The van der Waals surface area contributed by atoms with Crippen LogP contribution < -0.4 is 5.32 Å². The number of hydrogen-bond donors (Lipinski definition) is 1. The highest BCUT2D eigenvalue weighted by atomic mass is 79.9. The van der Waals surface area contributed by atoms with Gasteiger partial charge in [0.05, 0.1) is 5.56 Å². The molecule has 0 saturated heterocycles. The Balaban J connectivity index is 2.03. The Morgan fingerprint density at radius 3 is 2.60 bits per heavy atom. The first-order chi connectivity index (χ1) is 9.61. The van der Waals surface area contributed by atoms with Crippen LogP contribution in [0.5, 0.6) is 0 Å². The number of rotatable bonds is 4. The first kappa shape index (κ1) is 14.6. The molecule has 0 spiro atoms. The van der Waals surface area contributed by atoms with Crippen molar-refractivity contribution in [1.82, 2.24) is 5.32 Å². The smallest absolute Gasteiger partial charge is 0.145 e. The normalized spacial score (nSPS) is 10.3. The van der Waals surface area contributed by atoms with Gasteiger partial charge in [-0.2, -0.15) is 5.26 Å². The molecule has 0 aromatic heterocycles. The molecule has 0 aliphatic rings. The monoisotopic (exact) mass is 336 g/mol. The van der Waals surface area contributed by atoms with E-state index in [1.807, 2.05) is 0 Å². The van der Waals surface area contributed by atoms with Crippen molar-refractivity contribution in [3.8, 4) is 6.07 Å². The molecule has 0 amide bonds. The fourth-order valence-electron chi connectivity index (χ4n) is 1.81. The highest BCUT2D eigenvalue weighted by Gasteiger charge is 2.08. The molecule has 0 atom stereocenters. The molecule has 2 aromatic carbocycles. The Hall–Kier alpha value is -1.77. The minimum atomic E-state index is -0.530. The molecule has 0 radical (unpaired) electrons. The summed E-state index contributed by atoms with van der Waals surface area (Å²) >= 11 is 3.27. The van der Waals surface area contributed by atoms with E-state index < -0.39 is 5.82 Å². The molecule has 0 saturated carbocycles. The van der Waals surface area contributed by atoms with Gasteiger partial charge in [-0.3, -0.25) is 0 Å². The predicted molar refractivity (Wildman–Crippen MR) is 75.8 cm³/mol. The zero-order valence-electron chi connectivity index (χ0n) is 10.5. The molecule has 102 valence electrons. The van der Waals surface area contributed by atoms with Crippen LogP contribution in [0.25, 0.3) is 0 Å². The lowest BCUT2D eigenvalue weighted by Crippen LogP contribution is -2.15. The van der Waals surface area contributed by atoms with Crippen molar-refractivity contribution in [2.45, 2.75) is 13.1 Å². The van der Waals surface area contributed by atoms with Crippen LogP contribution >= 0.6 is 15.9 Å². The maximum absolute atomic E-state index is 13.8. The van der Waals surface area contributed by atoms with Crippen LogP contribution in [-0.4, -0.2) is 0 Å². The molecule has 5 heteroatoms. The van der Waals surface area contributed by atoms with Crippen LogP contribution in [0.15, 0.2) is 40.9 Å². The summed E-state index contributed by atoms with van der Waals surface area (Å²) in [6.45, 7) is 0.509. The standard InChI is InChI=1S/C15H11BrF2N2/c16-13-4-5-14(17)12(6-13)9-20-8-11-3-1-2-10(7-19)15(11)18/h1-6,20H,8-9H2. The molecule has 1 N–H and O–H groups in total. The van der Waals surface area contributed by atoms with E-state index in [0.29, 0.717) is 11.1 Å². The highest BCUT2D eigenvalue weighted by Crippen LogP contribution is 2.16. The molecular weight excluding hydrogens is 326 g/mol. The van der Waals surface area contributed by atoms with Gasteiger partial charge in [-0.1, -0.05) is 28.1 Å². The van der Waals surface area contributed by atoms with Gasteiger partial charge >= 0.3 is 0 Å². The number of nitriles is 1. The third kappa shape index (κ3) is 3.41. The number of nitrogens with zero attached hydrogens (tertiary/aromatic N) is 1. The van der Waals surface area contributed by atoms with E-state index in [0.717, 1.165) is 4.47 Å². The maximum atomic E-state index is 13.8. The van der Waals surface area contributed by atoms with Crippen molar-refractivity contribution in [3.63, 3.8) is 0 Å². The summed E-state index contributed by atoms with van der Waals surface area (Å²) in [4.78, 5) is 0. The molecule has 2 nitrogen and oxygen atoms in total. The van der Waals surface area contributed by atoms with Crippen molar-refractivity contribution in [2.75, 3.05) is 0 Å². The van der Waals surface area contributed by atoms with Crippen LogP contribution in [0.4, 0.5) is 8.78 Å². The van der Waals surface area contributed by atoms with Crippen LogP contribution in [0, 0.1) is 23.0 Å². The van der Waals surface area contributed by atoms with E-state index >= 15 is 0 Å². The van der Waals surface area contributed by atoms with E-state index in [9.17, 15) is 8.78 Å². The lowest BCUT2D eigenvalue weighted by molar-refractivity contribution is 0.567. The Kier molecular flexibility index (Phi) is 4.83. The number of nitrogens with one attached hydrogen (secondary N) is 1. The second-order valence-electron chi connectivity index (χ2n) is 4.23. The predicted octanol–water partition coefficient (Wildman–Crippen LogP) is 3.89. The SMILES string of the molecule is N#Cc1cccc(CNCc2cc(Br)ccc2F)c1F. The molecule has 2 aromatic rings. The zero-order valence-corrected chi connectivity index (χ0v) is 12.0. The summed E-state index contributed by atoms with van der Waals surface area (Å²) in [5.74, 6) is -0.843. The summed E-state index contributed by atoms with van der Waals surface area (Å²) in [6, 6.07) is 11.1. The molecule has 0 aliphatic carbocycles. The van der Waals surface area contributed by atoms with E-state index in [1.54, 1.807) is 30.3 Å². The third-order valence-corrected chi connectivity index (χ3v) is 3.33. The second kappa shape index (κ2) is 6.60. The molecule has 0 heterocycles. The lowest BCUT2D eigenvalue weighted by Gasteiger charge is -2.08. The van der Waals surface area contributed by atoms with E-state index in [2.05, 4.69) is 21.2 Å². The number of hydrogen-bond acceptors (Lipinski definition) is 2. The van der Waals surface area contributed by atoms with Gasteiger partial charge < -0.3 is 5.32 Å². The van der Waals surface area contributed by atoms with E-state index in [1.165, 1.54) is 12.1 Å². The van der Waals surface area contributed by atoms with Gasteiger partial charge in [-0.15, -0.1) is 0 Å². The summed E-state index contributed by atoms with van der Waals surface area (Å²) in [5.41, 5.74) is 0.897. The summed E-state index contributed by atoms with van der Waals surface area (Å²) in [5, 5.41) is 11.7. The minimum Gasteiger partial charge on any atom is -0.308 e. The topological polar surface area (TPSA) is 35.8 Å². The van der Waals surface area contributed by atoms with Crippen molar-refractivity contribution in [3.05, 3.63) is 69.2 Å². The molecule has 0 bridgehead atoms. The highest BCUT2D eigenvalue weighted by molar-refractivity contribution is 9.10. The number of halogens is 3. The van der Waals surface area contributed by atoms with Crippen LogP contribution in [0.1, 0.15) is 16.7 Å². The van der Waals surface area contributed by atoms with Gasteiger partial charge in [0.2, 0.25) is 0 Å². The number of benzene rings is 2.